The number of aliphatic hydroxyl groups excluding tert-OH is 1. The van der Waals surface area contributed by atoms with Crippen molar-refractivity contribution >= 4 is 0 Å². The second kappa shape index (κ2) is 6.26. The molecule has 3 unspecified atom stereocenters. The first-order valence-corrected chi connectivity index (χ1v) is 7.01. The summed E-state index contributed by atoms with van der Waals surface area (Å²) in [7, 11) is 0. The van der Waals surface area contributed by atoms with Crippen LogP contribution in [0.2, 0.25) is 0 Å². The van der Waals surface area contributed by atoms with Crippen LogP contribution in [0.1, 0.15) is 44.2 Å². The van der Waals surface area contributed by atoms with E-state index in [4.69, 9.17) is 0 Å². The van der Waals surface area contributed by atoms with Crippen molar-refractivity contribution in [2.45, 2.75) is 44.8 Å². The van der Waals surface area contributed by atoms with Crippen LogP contribution < -0.4 is 5.32 Å². The number of phenolic OH excluding ortho intramolecular Hbond substituents is 2. The highest BCUT2D eigenvalue weighted by Crippen LogP contribution is 2.29. The van der Waals surface area contributed by atoms with Crippen LogP contribution in [0.5, 0.6) is 11.5 Å². The van der Waals surface area contributed by atoms with Crippen LogP contribution in [0, 0.1) is 5.92 Å². The number of nitrogens with one attached hydrogen (secondary N) is 1. The molecule has 0 amide bonds. The number of rotatable bonds is 4. The van der Waals surface area contributed by atoms with Crippen molar-refractivity contribution in [3.05, 3.63) is 23.8 Å². The maximum absolute atomic E-state index is 9.92. The molecule has 0 saturated heterocycles. The topological polar surface area (TPSA) is 72.7 Å². The standard InChI is InChI=1S/C15H23NO3/c1-10(13-8-12(17)6-7-15(13)19)16-9-11-4-2-3-5-14(11)18/h6-8,10-11,14,16-19H,2-5,9H2,1H3. The highest BCUT2D eigenvalue weighted by atomic mass is 16.3. The van der Waals surface area contributed by atoms with Gasteiger partial charge >= 0.3 is 0 Å². The van der Waals surface area contributed by atoms with Crippen LogP contribution in [0.25, 0.3) is 0 Å². The van der Waals surface area contributed by atoms with Gasteiger partial charge in [-0.25, -0.2) is 0 Å². The third kappa shape index (κ3) is 3.61. The maximum Gasteiger partial charge on any atom is 0.120 e. The molecule has 4 nitrogen and oxygen atoms in total. The molecule has 1 aliphatic carbocycles. The minimum absolute atomic E-state index is 0.0544. The zero-order chi connectivity index (χ0) is 13.8. The van der Waals surface area contributed by atoms with Crippen LogP contribution in [0.3, 0.4) is 0 Å². The molecule has 4 N–H and O–H groups in total. The number of hydrogen-bond acceptors (Lipinski definition) is 4. The van der Waals surface area contributed by atoms with Crippen molar-refractivity contribution in [2.75, 3.05) is 6.54 Å². The van der Waals surface area contributed by atoms with Crippen molar-refractivity contribution in [1.29, 1.82) is 0 Å². The van der Waals surface area contributed by atoms with Crippen molar-refractivity contribution in [3.63, 3.8) is 0 Å². The maximum atomic E-state index is 9.92. The molecular weight excluding hydrogens is 242 g/mol. The Labute approximate surface area is 114 Å². The molecule has 0 radical (unpaired) electrons. The van der Waals surface area contributed by atoms with Gasteiger partial charge in [-0.1, -0.05) is 12.8 Å². The lowest BCUT2D eigenvalue weighted by atomic mass is 9.86. The van der Waals surface area contributed by atoms with Crippen molar-refractivity contribution in [3.8, 4) is 11.5 Å². The van der Waals surface area contributed by atoms with E-state index in [1.54, 1.807) is 6.07 Å². The summed E-state index contributed by atoms with van der Waals surface area (Å²) in [5.41, 5.74) is 0.685. The summed E-state index contributed by atoms with van der Waals surface area (Å²) in [6.45, 7) is 2.68. The number of phenols is 2. The quantitative estimate of drug-likeness (QED) is 0.630. The number of aromatic hydroxyl groups is 2. The summed E-state index contributed by atoms with van der Waals surface area (Å²) in [5, 5.41) is 32.5. The molecule has 1 aliphatic rings. The average molecular weight is 265 g/mol. The molecule has 0 bridgehead atoms. The normalized spacial score (nSPS) is 25.2. The van der Waals surface area contributed by atoms with Gasteiger partial charge in [0, 0.05) is 18.2 Å². The van der Waals surface area contributed by atoms with Crippen LogP contribution >= 0.6 is 0 Å². The smallest absolute Gasteiger partial charge is 0.120 e. The fourth-order valence-electron chi connectivity index (χ4n) is 2.75. The molecule has 0 aromatic heterocycles. The summed E-state index contributed by atoms with van der Waals surface area (Å²) >= 11 is 0. The van der Waals surface area contributed by atoms with E-state index in [-0.39, 0.29) is 29.6 Å². The molecule has 4 heteroatoms. The van der Waals surface area contributed by atoms with E-state index in [0.717, 1.165) is 25.8 Å². The molecule has 0 spiro atoms. The van der Waals surface area contributed by atoms with Crippen molar-refractivity contribution in [1.82, 2.24) is 5.32 Å². The second-order valence-electron chi connectivity index (χ2n) is 5.48. The average Bonchev–Trinajstić information content (AvgIpc) is 2.40. The Morgan fingerprint density at radius 1 is 1.26 bits per heavy atom. The van der Waals surface area contributed by atoms with Gasteiger partial charge in [0.05, 0.1) is 6.10 Å². The Balaban J connectivity index is 1.93. The number of hydrogen-bond donors (Lipinski definition) is 4. The zero-order valence-corrected chi connectivity index (χ0v) is 11.3. The summed E-state index contributed by atoms with van der Waals surface area (Å²) in [5.74, 6) is 0.622. The monoisotopic (exact) mass is 265 g/mol. The van der Waals surface area contributed by atoms with Gasteiger partial charge in [-0.15, -0.1) is 0 Å². The van der Waals surface area contributed by atoms with Gasteiger partial charge in [-0.3, -0.25) is 0 Å². The highest BCUT2D eigenvalue weighted by molar-refractivity contribution is 5.40. The molecule has 2 rings (SSSR count). The molecular formula is C15H23NO3. The van der Waals surface area contributed by atoms with Gasteiger partial charge in [-0.2, -0.15) is 0 Å². The molecule has 1 aromatic carbocycles. The van der Waals surface area contributed by atoms with E-state index in [0.29, 0.717) is 5.56 Å². The van der Waals surface area contributed by atoms with Crippen molar-refractivity contribution < 1.29 is 15.3 Å². The van der Waals surface area contributed by atoms with Crippen LogP contribution in [-0.2, 0) is 0 Å². The van der Waals surface area contributed by atoms with E-state index < -0.39 is 0 Å². The molecule has 0 aliphatic heterocycles. The zero-order valence-electron chi connectivity index (χ0n) is 11.3. The van der Waals surface area contributed by atoms with E-state index in [9.17, 15) is 15.3 Å². The second-order valence-corrected chi connectivity index (χ2v) is 5.48. The molecule has 1 saturated carbocycles. The van der Waals surface area contributed by atoms with Crippen LogP contribution in [0.4, 0.5) is 0 Å². The SMILES string of the molecule is CC(NCC1CCCCC1O)c1cc(O)ccc1O. The molecule has 1 aromatic rings. The minimum Gasteiger partial charge on any atom is -0.508 e. The first-order valence-electron chi connectivity index (χ1n) is 7.01. The lowest BCUT2D eigenvalue weighted by Gasteiger charge is -2.29. The molecule has 0 heterocycles. The van der Waals surface area contributed by atoms with Gasteiger partial charge in [0.1, 0.15) is 11.5 Å². The molecule has 1 fully saturated rings. The first-order chi connectivity index (χ1) is 9.08. The van der Waals surface area contributed by atoms with Gasteiger partial charge < -0.3 is 20.6 Å². The lowest BCUT2D eigenvalue weighted by molar-refractivity contribution is 0.0683. The van der Waals surface area contributed by atoms with Gasteiger partial charge in [0.25, 0.3) is 0 Å². The number of aliphatic hydroxyl groups is 1. The fourth-order valence-corrected chi connectivity index (χ4v) is 2.75. The molecule has 19 heavy (non-hydrogen) atoms. The highest BCUT2D eigenvalue weighted by Gasteiger charge is 2.23. The van der Waals surface area contributed by atoms with E-state index >= 15 is 0 Å². The third-order valence-electron chi connectivity index (χ3n) is 4.03. The first kappa shape index (κ1) is 14.2. The summed E-state index contributed by atoms with van der Waals surface area (Å²) in [6, 6.07) is 4.49. The van der Waals surface area contributed by atoms with Crippen molar-refractivity contribution in [2.24, 2.45) is 5.92 Å². The fraction of sp³-hybridized carbons (Fsp3) is 0.600. The Morgan fingerprint density at radius 2 is 2.00 bits per heavy atom. The van der Waals surface area contributed by atoms with Gasteiger partial charge in [-0.05, 0) is 43.9 Å². The minimum atomic E-state index is -0.216. The Kier molecular flexibility index (Phi) is 4.66. The van der Waals surface area contributed by atoms with Crippen LogP contribution in [-0.4, -0.2) is 28.0 Å². The summed E-state index contributed by atoms with van der Waals surface area (Å²) < 4.78 is 0. The predicted octanol–water partition coefficient (Wildman–Crippen LogP) is 2.30. The number of benzene rings is 1. The molecule has 3 atom stereocenters. The van der Waals surface area contributed by atoms with Gasteiger partial charge in [0.2, 0.25) is 0 Å². The van der Waals surface area contributed by atoms with Crippen LogP contribution in [0.15, 0.2) is 18.2 Å². The predicted molar refractivity (Wildman–Crippen MR) is 74.2 cm³/mol. The Morgan fingerprint density at radius 3 is 2.74 bits per heavy atom. The Bertz CT molecular complexity index is 422. The van der Waals surface area contributed by atoms with E-state index in [2.05, 4.69) is 5.32 Å². The van der Waals surface area contributed by atoms with E-state index in [1.807, 2.05) is 6.92 Å². The van der Waals surface area contributed by atoms with E-state index in [1.165, 1.54) is 18.6 Å². The van der Waals surface area contributed by atoms with Gasteiger partial charge in [0.15, 0.2) is 0 Å². The summed E-state index contributed by atoms with van der Waals surface area (Å²) in [4.78, 5) is 0. The summed E-state index contributed by atoms with van der Waals surface area (Å²) in [6.07, 6.45) is 4.01. The largest absolute Gasteiger partial charge is 0.508 e. The lowest BCUT2D eigenvalue weighted by Crippen LogP contribution is -2.34. The third-order valence-corrected chi connectivity index (χ3v) is 4.03. The molecule has 106 valence electrons. The Hall–Kier alpha value is -1.26.